The van der Waals surface area contributed by atoms with Crippen molar-refractivity contribution in [2.45, 2.75) is 32.7 Å². The number of aromatic nitrogens is 1. The highest BCUT2D eigenvalue weighted by atomic mass is 16.5. The van der Waals surface area contributed by atoms with Crippen LogP contribution in [0.15, 0.2) is 72.9 Å². The third-order valence-corrected chi connectivity index (χ3v) is 5.92. The second-order valence-electron chi connectivity index (χ2n) is 8.73. The number of carbonyl (C=O) groups is 2. The first kappa shape index (κ1) is 25.0. The van der Waals surface area contributed by atoms with Crippen molar-refractivity contribution in [3.8, 4) is 16.9 Å². The third-order valence-electron chi connectivity index (χ3n) is 5.92. The Morgan fingerprint density at radius 3 is 2.50 bits per heavy atom. The molecule has 0 radical (unpaired) electrons. The average molecular weight is 486 g/mol. The molecular weight excluding hydrogens is 454 g/mol. The minimum atomic E-state index is -0.462. The highest BCUT2D eigenvalue weighted by Crippen LogP contribution is 2.28. The van der Waals surface area contributed by atoms with Crippen molar-refractivity contribution in [2.24, 2.45) is 0 Å². The van der Waals surface area contributed by atoms with Gasteiger partial charge >= 0.3 is 0 Å². The third kappa shape index (κ3) is 5.93. The van der Waals surface area contributed by atoms with Crippen LogP contribution >= 0.6 is 0 Å². The molecule has 0 spiro atoms. The lowest BCUT2D eigenvalue weighted by Gasteiger charge is -2.18. The van der Waals surface area contributed by atoms with E-state index in [4.69, 9.17) is 4.74 Å². The van der Waals surface area contributed by atoms with Crippen LogP contribution in [0.1, 0.15) is 36.2 Å². The second-order valence-corrected chi connectivity index (χ2v) is 8.73. The number of anilines is 1. The molecule has 4 rings (SSSR count). The number of aromatic amines is 1. The second kappa shape index (κ2) is 11.6. The standard InChI is InChI=1S/C29H31N3O4/c1-3-14-36-28-13-10-21(20-8-11-23(12-9-20)31-19(2)34)16-26(28)29(35)32-24(18-33)15-22-17-30-27-7-5-4-6-25(22)27/h4-13,16-17,24,30,33H,3,14-15,18H2,1-2H3,(H,31,34)(H,32,35)/t24-/m1/s1. The molecule has 0 bridgehead atoms. The summed E-state index contributed by atoms with van der Waals surface area (Å²) < 4.78 is 5.86. The first-order valence-corrected chi connectivity index (χ1v) is 12.1. The maximum Gasteiger partial charge on any atom is 0.255 e. The molecule has 0 aliphatic carbocycles. The normalized spacial score (nSPS) is 11.8. The number of amides is 2. The van der Waals surface area contributed by atoms with Gasteiger partial charge in [-0.25, -0.2) is 0 Å². The van der Waals surface area contributed by atoms with Gasteiger partial charge in [0.2, 0.25) is 5.91 Å². The molecule has 1 heterocycles. The van der Waals surface area contributed by atoms with E-state index in [9.17, 15) is 14.7 Å². The van der Waals surface area contributed by atoms with Crippen LogP contribution in [0, 0.1) is 0 Å². The van der Waals surface area contributed by atoms with Gasteiger partial charge < -0.3 is 25.5 Å². The van der Waals surface area contributed by atoms with E-state index in [-0.39, 0.29) is 18.4 Å². The van der Waals surface area contributed by atoms with Gasteiger partial charge in [0.15, 0.2) is 0 Å². The molecule has 1 atom stereocenters. The maximum atomic E-state index is 13.4. The van der Waals surface area contributed by atoms with Crippen molar-refractivity contribution in [2.75, 3.05) is 18.5 Å². The number of hydrogen-bond acceptors (Lipinski definition) is 4. The van der Waals surface area contributed by atoms with Crippen molar-refractivity contribution < 1.29 is 19.4 Å². The Morgan fingerprint density at radius 1 is 1.03 bits per heavy atom. The minimum Gasteiger partial charge on any atom is -0.493 e. The number of ether oxygens (including phenoxy) is 1. The van der Waals surface area contributed by atoms with Gasteiger partial charge in [0.05, 0.1) is 24.8 Å². The van der Waals surface area contributed by atoms with Crippen LogP contribution < -0.4 is 15.4 Å². The molecule has 1 aromatic heterocycles. The maximum absolute atomic E-state index is 13.4. The summed E-state index contributed by atoms with van der Waals surface area (Å²) in [4.78, 5) is 27.9. The van der Waals surface area contributed by atoms with Crippen LogP contribution in [-0.4, -0.2) is 41.2 Å². The lowest BCUT2D eigenvalue weighted by atomic mass is 10.0. The van der Waals surface area contributed by atoms with Crippen LogP contribution in [0.25, 0.3) is 22.0 Å². The van der Waals surface area contributed by atoms with Gasteiger partial charge in [-0.15, -0.1) is 0 Å². The zero-order valence-corrected chi connectivity index (χ0v) is 20.5. The van der Waals surface area contributed by atoms with E-state index in [2.05, 4.69) is 15.6 Å². The summed E-state index contributed by atoms with van der Waals surface area (Å²) >= 11 is 0. The number of aliphatic hydroxyl groups is 1. The summed E-state index contributed by atoms with van der Waals surface area (Å²) in [5, 5.41) is 16.8. The number of hydrogen-bond donors (Lipinski definition) is 4. The van der Waals surface area contributed by atoms with Crippen molar-refractivity contribution in [3.63, 3.8) is 0 Å². The molecule has 4 N–H and O–H groups in total. The van der Waals surface area contributed by atoms with Crippen LogP contribution in [0.5, 0.6) is 5.75 Å². The molecule has 186 valence electrons. The van der Waals surface area contributed by atoms with E-state index in [1.807, 2.05) is 67.7 Å². The summed E-state index contributed by atoms with van der Waals surface area (Å²) in [6.07, 6.45) is 3.22. The SMILES string of the molecule is CCCOc1ccc(-c2ccc(NC(C)=O)cc2)cc1C(=O)N[C@@H](CO)Cc1c[nH]c2ccccc12. The Bertz CT molecular complexity index is 1340. The molecule has 2 amide bonds. The molecule has 36 heavy (non-hydrogen) atoms. The molecule has 3 aromatic carbocycles. The van der Waals surface area contributed by atoms with E-state index in [1.54, 1.807) is 12.1 Å². The van der Waals surface area contributed by atoms with Crippen LogP contribution in [-0.2, 0) is 11.2 Å². The van der Waals surface area contributed by atoms with Crippen molar-refractivity contribution in [1.82, 2.24) is 10.3 Å². The molecule has 4 aromatic rings. The molecule has 7 nitrogen and oxygen atoms in total. The Balaban J connectivity index is 1.57. The predicted octanol–water partition coefficient (Wildman–Crippen LogP) is 4.92. The summed E-state index contributed by atoms with van der Waals surface area (Å²) in [6, 6.07) is 20.4. The van der Waals surface area contributed by atoms with Crippen LogP contribution in [0.2, 0.25) is 0 Å². The molecule has 0 aliphatic heterocycles. The number of fused-ring (bicyclic) bond motifs is 1. The fourth-order valence-electron chi connectivity index (χ4n) is 4.16. The Labute approximate surface area is 210 Å². The molecule has 0 unspecified atom stereocenters. The fourth-order valence-corrected chi connectivity index (χ4v) is 4.16. The number of nitrogens with one attached hydrogen (secondary N) is 3. The molecule has 0 saturated carbocycles. The average Bonchev–Trinajstić information content (AvgIpc) is 3.29. The first-order chi connectivity index (χ1) is 17.5. The smallest absolute Gasteiger partial charge is 0.255 e. The molecule has 0 saturated heterocycles. The number of H-pyrrole nitrogens is 1. The zero-order valence-electron chi connectivity index (χ0n) is 20.5. The van der Waals surface area contributed by atoms with Crippen molar-refractivity contribution >= 4 is 28.4 Å². The highest BCUT2D eigenvalue weighted by Gasteiger charge is 2.19. The van der Waals surface area contributed by atoms with E-state index in [0.29, 0.717) is 30.0 Å². The lowest BCUT2D eigenvalue weighted by molar-refractivity contribution is -0.114. The van der Waals surface area contributed by atoms with Crippen molar-refractivity contribution in [1.29, 1.82) is 0 Å². The summed E-state index contributed by atoms with van der Waals surface area (Å²) in [5.74, 6) is 0.0543. The summed E-state index contributed by atoms with van der Waals surface area (Å²) in [6.45, 7) is 3.77. The van der Waals surface area contributed by atoms with Gasteiger partial charge in [-0.2, -0.15) is 0 Å². The van der Waals surface area contributed by atoms with Gasteiger partial charge in [-0.1, -0.05) is 43.3 Å². The Morgan fingerprint density at radius 2 is 1.78 bits per heavy atom. The van der Waals surface area contributed by atoms with Crippen LogP contribution in [0.3, 0.4) is 0 Å². The Kier molecular flexibility index (Phi) is 8.02. The Hall–Kier alpha value is -4.10. The topological polar surface area (TPSA) is 103 Å². The van der Waals surface area contributed by atoms with E-state index >= 15 is 0 Å². The number of carbonyl (C=O) groups excluding carboxylic acids is 2. The monoisotopic (exact) mass is 485 g/mol. The largest absolute Gasteiger partial charge is 0.493 e. The minimum absolute atomic E-state index is 0.134. The van der Waals surface area contributed by atoms with E-state index < -0.39 is 6.04 Å². The number of para-hydroxylation sites is 1. The fraction of sp³-hybridized carbons (Fsp3) is 0.241. The summed E-state index contributed by atoms with van der Waals surface area (Å²) in [7, 11) is 0. The van der Waals surface area contributed by atoms with E-state index in [1.165, 1.54) is 6.92 Å². The van der Waals surface area contributed by atoms with Gasteiger partial charge in [0, 0.05) is 29.7 Å². The quantitative estimate of drug-likeness (QED) is 0.256. The lowest BCUT2D eigenvalue weighted by Crippen LogP contribution is -2.39. The van der Waals surface area contributed by atoms with Gasteiger partial charge in [-0.3, -0.25) is 9.59 Å². The van der Waals surface area contributed by atoms with Gasteiger partial charge in [-0.05, 0) is 59.9 Å². The summed E-state index contributed by atoms with van der Waals surface area (Å²) in [5.41, 5.74) is 4.90. The molecule has 0 aliphatic rings. The van der Waals surface area contributed by atoms with Crippen molar-refractivity contribution in [3.05, 3.63) is 84.1 Å². The molecular formula is C29H31N3O4. The molecule has 0 fully saturated rings. The first-order valence-electron chi connectivity index (χ1n) is 12.1. The van der Waals surface area contributed by atoms with Crippen LogP contribution in [0.4, 0.5) is 5.69 Å². The predicted molar refractivity (Wildman–Crippen MR) is 142 cm³/mol. The molecule has 7 heteroatoms. The zero-order chi connectivity index (χ0) is 25.5. The number of rotatable bonds is 10. The van der Waals surface area contributed by atoms with E-state index in [0.717, 1.165) is 34.0 Å². The van der Waals surface area contributed by atoms with Gasteiger partial charge in [0.25, 0.3) is 5.91 Å². The highest BCUT2D eigenvalue weighted by molar-refractivity contribution is 5.98. The number of benzene rings is 3. The van der Waals surface area contributed by atoms with Gasteiger partial charge in [0.1, 0.15) is 5.75 Å². The number of aliphatic hydroxyl groups excluding tert-OH is 1.